The lowest BCUT2D eigenvalue weighted by Gasteiger charge is -2.56. The van der Waals surface area contributed by atoms with Crippen LogP contribution in [-0.2, 0) is 0 Å². The number of carbonyl (C=O) groups is 1. The van der Waals surface area contributed by atoms with Crippen molar-refractivity contribution in [3.63, 3.8) is 0 Å². The highest BCUT2D eigenvalue weighted by Crippen LogP contribution is 2.58. The molecule has 130 valence electrons. The number of hydrogen-bond donors (Lipinski definition) is 0. The molecule has 1 aromatic carbocycles. The molecule has 2 heterocycles. The Morgan fingerprint density at radius 2 is 1.96 bits per heavy atom. The summed E-state index contributed by atoms with van der Waals surface area (Å²) in [6, 6.07) is 11.4. The number of methoxy groups -OCH3 is 1. The smallest absolute Gasteiger partial charge is 0.290 e. The third-order valence-electron chi connectivity index (χ3n) is 5.58. The third-order valence-corrected chi connectivity index (χ3v) is 5.58. The summed E-state index contributed by atoms with van der Waals surface area (Å²) in [5.41, 5.74) is 0.980. The number of benzene rings is 1. The SMILES string of the molecule is COc1coc(C(=O)N2CC3(CCCC3)C2c2ccccc2)cc1=O. The average molecular weight is 339 g/mol. The maximum Gasteiger partial charge on any atom is 0.290 e. The monoisotopic (exact) mass is 339 g/mol. The van der Waals surface area contributed by atoms with Crippen molar-refractivity contribution >= 4 is 5.91 Å². The molecule has 0 radical (unpaired) electrons. The Bertz CT molecular complexity index is 836. The van der Waals surface area contributed by atoms with Crippen LogP contribution in [0, 0.1) is 5.41 Å². The first kappa shape index (κ1) is 15.9. The molecule has 5 heteroatoms. The summed E-state index contributed by atoms with van der Waals surface area (Å²) < 4.78 is 10.3. The first-order valence-electron chi connectivity index (χ1n) is 8.67. The van der Waals surface area contributed by atoms with Gasteiger partial charge in [-0.2, -0.15) is 0 Å². The molecule has 2 aliphatic rings. The van der Waals surface area contributed by atoms with Crippen LogP contribution in [0.3, 0.4) is 0 Å². The van der Waals surface area contributed by atoms with Crippen LogP contribution in [-0.4, -0.2) is 24.5 Å². The summed E-state index contributed by atoms with van der Waals surface area (Å²) in [5, 5.41) is 0. The van der Waals surface area contributed by atoms with Gasteiger partial charge >= 0.3 is 0 Å². The second-order valence-electron chi connectivity index (χ2n) is 6.99. The van der Waals surface area contributed by atoms with E-state index in [-0.39, 0.29) is 34.3 Å². The molecule has 1 amide bonds. The molecule has 1 aromatic heterocycles. The fraction of sp³-hybridized carbons (Fsp3) is 0.400. The van der Waals surface area contributed by atoms with Gasteiger partial charge in [0.15, 0.2) is 5.76 Å². The van der Waals surface area contributed by atoms with E-state index in [0.29, 0.717) is 0 Å². The van der Waals surface area contributed by atoms with Crippen LogP contribution >= 0.6 is 0 Å². The fourth-order valence-electron chi connectivity index (χ4n) is 4.41. The summed E-state index contributed by atoms with van der Waals surface area (Å²) in [6.45, 7) is 0.723. The molecule has 2 fully saturated rings. The van der Waals surface area contributed by atoms with Gasteiger partial charge in [0, 0.05) is 18.0 Å². The predicted octanol–water partition coefficient (Wildman–Crippen LogP) is 3.41. The molecular weight excluding hydrogens is 318 g/mol. The molecule has 1 aliphatic carbocycles. The molecule has 1 atom stereocenters. The number of rotatable bonds is 3. The van der Waals surface area contributed by atoms with E-state index >= 15 is 0 Å². The summed E-state index contributed by atoms with van der Waals surface area (Å²) in [5.74, 6) is -0.0576. The van der Waals surface area contributed by atoms with Gasteiger partial charge in [-0.25, -0.2) is 0 Å². The summed E-state index contributed by atoms with van der Waals surface area (Å²) in [4.78, 5) is 26.7. The van der Waals surface area contributed by atoms with Crippen molar-refractivity contribution in [2.24, 2.45) is 5.41 Å². The maximum atomic E-state index is 13.0. The maximum absolute atomic E-state index is 13.0. The quantitative estimate of drug-likeness (QED) is 0.860. The fourth-order valence-corrected chi connectivity index (χ4v) is 4.41. The molecule has 1 aliphatic heterocycles. The first-order valence-corrected chi connectivity index (χ1v) is 8.67. The number of ether oxygens (including phenoxy) is 1. The van der Waals surface area contributed by atoms with Crippen molar-refractivity contribution in [2.75, 3.05) is 13.7 Å². The van der Waals surface area contributed by atoms with Gasteiger partial charge in [0.1, 0.15) is 6.26 Å². The van der Waals surface area contributed by atoms with Crippen molar-refractivity contribution in [2.45, 2.75) is 31.7 Å². The zero-order chi connectivity index (χ0) is 17.4. The molecule has 5 nitrogen and oxygen atoms in total. The van der Waals surface area contributed by atoms with Gasteiger partial charge in [-0.1, -0.05) is 43.2 Å². The van der Waals surface area contributed by atoms with Crippen LogP contribution < -0.4 is 10.2 Å². The molecular formula is C20H21NO4. The van der Waals surface area contributed by atoms with E-state index in [1.807, 2.05) is 23.1 Å². The van der Waals surface area contributed by atoms with E-state index in [1.54, 1.807) is 0 Å². The molecule has 2 aromatic rings. The van der Waals surface area contributed by atoms with E-state index in [4.69, 9.17) is 9.15 Å². The lowest BCUT2D eigenvalue weighted by molar-refractivity contribution is -0.0527. The van der Waals surface area contributed by atoms with Crippen LogP contribution in [0.2, 0.25) is 0 Å². The number of likely N-dealkylation sites (tertiary alicyclic amines) is 1. The van der Waals surface area contributed by atoms with E-state index in [1.165, 1.54) is 32.3 Å². The standard InChI is InChI=1S/C20H21NO4/c1-24-17-12-25-16(11-15(17)22)19(23)21-13-20(9-5-6-10-20)18(21)14-7-3-2-4-8-14/h2-4,7-8,11-12,18H,5-6,9-10,13H2,1H3. The normalized spacial score (nSPS) is 21.2. The van der Waals surface area contributed by atoms with Crippen LogP contribution in [0.15, 0.2) is 51.9 Å². The van der Waals surface area contributed by atoms with Gasteiger partial charge in [-0.3, -0.25) is 9.59 Å². The average Bonchev–Trinajstić information content (AvgIpc) is 3.12. The van der Waals surface area contributed by atoms with Gasteiger partial charge in [-0.05, 0) is 18.4 Å². The second-order valence-corrected chi connectivity index (χ2v) is 6.99. The Labute approximate surface area is 146 Å². The predicted molar refractivity (Wildman–Crippen MR) is 92.7 cm³/mol. The van der Waals surface area contributed by atoms with Crippen LogP contribution in [0.4, 0.5) is 0 Å². The molecule has 4 rings (SSSR count). The highest BCUT2D eigenvalue weighted by molar-refractivity contribution is 5.92. The third kappa shape index (κ3) is 2.54. The molecule has 0 bridgehead atoms. The lowest BCUT2D eigenvalue weighted by atomic mass is 9.67. The Morgan fingerprint density at radius 1 is 1.24 bits per heavy atom. The van der Waals surface area contributed by atoms with Gasteiger partial charge in [0.25, 0.3) is 5.91 Å². The van der Waals surface area contributed by atoms with E-state index in [9.17, 15) is 9.59 Å². The topological polar surface area (TPSA) is 59.8 Å². The van der Waals surface area contributed by atoms with Crippen molar-refractivity contribution in [1.29, 1.82) is 0 Å². The van der Waals surface area contributed by atoms with E-state index in [2.05, 4.69) is 12.1 Å². The molecule has 1 spiro atoms. The van der Waals surface area contributed by atoms with Crippen molar-refractivity contribution in [3.8, 4) is 5.75 Å². The minimum absolute atomic E-state index is 0.0519. The highest BCUT2D eigenvalue weighted by atomic mass is 16.5. The Hall–Kier alpha value is -2.56. The van der Waals surface area contributed by atoms with Gasteiger partial charge in [-0.15, -0.1) is 0 Å². The number of hydrogen-bond acceptors (Lipinski definition) is 4. The van der Waals surface area contributed by atoms with Gasteiger partial charge < -0.3 is 14.1 Å². The largest absolute Gasteiger partial charge is 0.490 e. The second kappa shape index (κ2) is 6.06. The zero-order valence-corrected chi connectivity index (χ0v) is 14.2. The summed E-state index contributed by atoms with van der Waals surface area (Å²) >= 11 is 0. The van der Waals surface area contributed by atoms with Crippen molar-refractivity contribution in [3.05, 3.63) is 64.2 Å². The molecule has 0 N–H and O–H groups in total. The molecule has 1 unspecified atom stereocenters. The summed E-state index contributed by atoms with van der Waals surface area (Å²) in [7, 11) is 1.40. The Kier molecular flexibility index (Phi) is 3.86. The highest BCUT2D eigenvalue weighted by Gasteiger charge is 2.56. The minimum Gasteiger partial charge on any atom is -0.490 e. The summed E-state index contributed by atoms with van der Waals surface area (Å²) in [6.07, 6.45) is 5.91. The van der Waals surface area contributed by atoms with Gasteiger partial charge in [0.05, 0.1) is 13.2 Å². The number of amides is 1. The van der Waals surface area contributed by atoms with Crippen molar-refractivity contribution < 1.29 is 13.9 Å². The number of carbonyl (C=O) groups excluding carboxylic acids is 1. The van der Waals surface area contributed by atoms with Crippen LogP contribution in [0.25, 0.3) is 0 Å². The van der Waals surface area contributed by atoms with E-state index < -0.39 is 0 Å². The zero-order valence-electron chi connectivity index (χ0n) is 14.2. The molecule has 25 heavy (non-hydrogen) atoms. The Morgan fingerprint density at radius 3 is 2.60 bits per heavy atom. The number of nitrogens with zero attached hydrogens (tertiary/aromatic N) is 1. The van der Waals surface area contributed by atoms with Crippen LogP contribution in [0.5, 0.6) is 5.75 Å². The molecule has 1 saturated carbocycles. The minimum atomic E-state index is -0.343. The van der Waals surface area contributed by atoms with Crippen molar-refractivity contribution in [1.82, 2.24) is 4.90 Å². The molecule has 1 saturated heterocycles. The lowest BCUT2D eigenvalue weighted by Crippen LogP contribution is -2.59. The van der Waals surface area contributed by atoms with Gasteiger partial charge in [0.2, 0.25) is 11.2 Å². The van der Waals surface area contributed by atoms with Crippen LogP contribution in [0.1, 0.15) is 47.8 Å². The van der Waals surface area contributed by atoms with E-state index in [0.717, 1.165) is 24.9 Å². The Balaban J connectivity index is 1.66. The first-order chi connectivity index (χ1) is 12.1.